The maximum atomic E-state index is 14.4. The molecule has 2 aromatic carbocycles. The maximum Gasteiger partial charge on any atom is 0.268 e. The van der Waals surface area contributed by atoms with E-state index in [1.807, 2.05) is 11.5 Å². The summed E-state index contributed by atoms with van der Waals surface area (Å²) in [5.41, 5.74) is 2.99. The van der Waals surface area contributed by atoms with Crippen molar-refractivity contribution in [2.75, 3.05) is 6.54 Å². The molecule has 2 heterocycles. The number of carbonyl (C=O) groups excluding carboxylic acids is 1. The number of nitrogens with zero attached hydrogens (tertiary/aromatic N) is 2. The van der Waals surface area contributed by atoms with Crippen LogP contribution in [-0.4, -0.2) is 17.0 Å². The second-order valence-corrected chi connectivity index (χ2v) is 6.04. The van der Waals surface area contributed by atoms with Crippen LogP contribution in [0.2, 0.25) is 0 Å². The molecule has 0 bridgehead atoms. The number of rotatable bonds is 1. The zero-order valence-corrected chi connectivity index (χ0v) is 13.4. The predicted molar refractivity (Wildman–Crippen MR) is 89.1 cm³/mol. The van der Waals surface area contributed by atoms with Gasteiger partial charge in [0.05, 0.1) is 17.1 Å². The Morgan fingerprint density at radius 2 is 2.00 bits per heavy atom. The van der Waals surface area contributed by atoms with Crippen LogP contribution in [0.4, 0.5) is 8.78 Å². The summed E-state index contributed by atoms with van der Waals surface area (Å²) in [5.74, 6) is -1.56. The van der Waals surface area contributed by atoms with Crippen LogP contribution in [0.5, 0.6) is 0 Å². The van der Waals surface area contributed by atoms with Gasteiger partial charge in [0.2, 0.25) is 0 Å². The fourth-order valence-corrected chi connectivity index (χ4v) is 3.51. The van der Waals surface area contributed by atoms with Crippen LogP contribution >= 0.6 is 0 Å². The van der Waals surface area contributed by atoms with E-state index in [9.17, 15) is 18.8 Å². The third-order valence-corrected chi connectivity index (χ3v) is 4.60. The monoisotopic (exact) mass is 337 g/mol. The van der Waals surface area contributed by atoms with Gasteiger partial charge < -0.3 is 9.88 Å². The molecule has 3 aromatic rings. The normalized spacial score (nSPS) is 13.4. The van der Waals surface area contributed by atoms with Gasteiger partial charge in [-0.05, 0) is 36.8 Å². The van der Waals surface area contributed by atoms with E-state index in [2.05, 4.69) is 11.4 Å². The predicted octanol–water partition coefficient (Wildman–Crippen LogP) is 3.51. The molecule has 1 aromatic heterocycles. The zero-order valence-electron chi connectivity index (χ0n) is 13.4. The van der Waals surface area contributed by atoms with E-state index >= 15 is 0 Å². The third kappa shape index (κ3) is 2.20. The summed E-state index contributed by atoms with van der Waals surface area (Å²) in [6.45, 7) is 2.83. The van der Waals surface area contributed by atoms with Crippen LogP contribution in [0.3, 0.4) is 0 Å². The van der Waals surface area contributed by atoms with Crippen LogP contribution < -0.4 is 5.32 Å². The number of halogens is 2. The minimum absolute atomic E-state index is 0.191. The van der Waals surface area contributed by atoms with Crippen LogP contribution in [-0.2, 0) is 6.54 Å². The summed E-state index contributed by atoms with van der Waals surface area (Å²) in [6, 6.07) is 8.72. The highest BCUT2D eigenvalue weighted by Gasteiger charge is 2.26. The van der Waals surface area contributed by atoms with Crippen LogP contribution in [0.15, 0.2) is 30.3 Å². The molecule has 0 radical (unpaired) electrons. The highest BCUT2D eigenvalue weighted by Crippen LogP contribution is 2.37. The van der Waals surface area contributed by atoms with Gasteiger partial charge in [-0.3, -0.25) is 4.79 Å². The highest BCUT2D eigenvalue weighted by molar-refractivity contribution is 6.06. The lowest BCUT2D eigenvalue weighted by Gasteiger charge is -2.18. The Morgan fingerprint density at radius 3 is 2.72 bits per heavy atom. The minimum Gasteiger partial charge on any atom is -0.349 e. The second-order valence-electron chi connectivity index (χ2n) is 6.04. The summed E-state index contributed by atoms with van der Waals surface area (Å²) in [4.78, 5) is 12.3. The number of amides is 1. The quantitative estimate of drug-likeness (QED) is 0.739. The smallest absolute Gasteiger partial charge is 0.268 e. The van der Waals surface area contributed by atoms with E-state index in [1.165, 1.54) is 12.1 Å². The molecule has 1 aliphatic heterocycles. The first-order valence-corrected chi connectivity index (χ1v) is 7.82. The molecule has 0 saturated heterocycles. The number of hydrogen-bond donors (Lipinski definition) is 1. The molecule has 0 fully saturated rings. The van der Waals surface area contributed by atoms with Gasteiger partial charge in [0.1, 0.15) is 17.3 Å². The molecule has 1 aliphatic rings. The lowest BCUT2D eigenvalue weighted by atomic mass is 9.98. The molecule has 0 aliphatic carbocycles. The van der Waals surface area contributed by atoms with Crippen LogP contribution in [0.25, 0.3) is 22.0 Å². The van der Waals surface area contributed by atoms with Crippen molar-refractivity contribution in [2.45, 2.75) is 13.5 Å². The molecule has 1 N–H and O–H groups in total. The molecule has 0 spiro atoms. The number of carbonyl (C=O) groups is 1. The Kier molecular flexibility index (Phi) is 3.32. The van der Waals surface area contributed by atoms with Gasteiger partial charge in [-0.25, -0.2) is 8.78 Å². The minimum atomic E-state index is -0.704. The van der Waals surface area contributed by atoms with Crippen molar-refractivity contribution in [1.29, 1.82) is 5.26 Å². The first-order chi connectivity index (χ1) is 12.0. The number of nitrogens with one attached hydrogen (secondary N) is 1. The molecule has 0 atom stereocenters. The fourth-order valence-electron chi connectivity index (χ4n) is 3.51. The molecule has 0 saturated carbocycles. The highest BCUT2D eigenvalue weighted by atomic mass is 19.1. The number of aromatic nitrogens is 1. The number of benzene rings is 2. The zero-order chi connectivity index (χ0) is 17.7. The second kappa shape index (κ2) is 5.42. The van der Waals surface area contributed by atoms with Crippen molar-refractivity contribution in [3.8, 4) is 17.2 Å². The molecule has 4 nitrogen and oxygen atoms in total. The molecular weight excluding hydrogens is 324 g/mol. The van der Waals surface area contributed by atoms with Gasteiger partial charge in [0.15, 0.2) is 0 Å². The average molecular weight is 337 g/mol. The molecule has 0 unspecified atom stereocenters. The van der Waals surface area contributed by atoms with Crippen molar-refractivity contribution in [2.24, 2.45) is 0 Å². The van der Waals surface area contributed by atoms with Gasteiger partial charge in [-0.1, -0.05) is 0 Å². The van der Waals surface area contributed by atoms with Crippen molar-refractivity contribution < 1.29 is 13.6 Å². The fraction of sp³-hybridized carbons (Fsp3) is 0.158. The lowest BCUT2D eigenvalue weighted by Crippen LogP contribution is -2.35. The summed E-state index contributed by atoms with van der Waals surface area (Å²) >= 11 is 0. The summed E-state index contributed by atoms with van der Waals surface area (Å²) < 4.78 is 29.6. The van der Waals surface area contributed by atoms with Gasteiger partial charge in [-0.2, -0.15) is 5.26 Å². The Hall–Kier alpha value is -3.20. The Balaban J connectivity index is 2.15. The molecule has 124 valence electrons. The molecule has 25 heavy (non-hydrogen) atoms. The SMILES string of the molecule is Cc1c2n(c3c(-c4ccc(F)cc4F)cc(C#N)cc13)CCNC2=O. The van der Waals surface area contributed by atoms with E-state index in [1.54, 1.807) is 12.1 Å². The Labute approximate surface area is 142 Å². The van der Waals surface area contributed by atoms with Crippen molar-refractivity contribution in [1.82, 2.24) is 9.88 Å². The van der Waals surface area contributed by atoms with Gasteiger partial charge >= 0.3 is 0 Å². The number of aryl methyl sites for hydroxylation is 1. The molecular formula is C19H13F2N3O. The molecule has 1 amide bonds. The number of nitriles is 1. The first kappa shape index (κ1) is 15.3. The topological polar surface area (TPSA) is 57.8 Å². The largest absolute Gasteiger partial charge is 0.349 e. The number of fused-ring (bicyclic) bond motifs is 3. The van der Waals surface area contributed by atoms with Gasteiger partial charge in [0.25, 0.3) is 5.91 Å². The van der Waals surface area contributed by atoms with Crippen LogP contribution in [0, 0.1) is 29.9 Å². The summed E-state index contributed by atoms with van der Waals surface area (Å²) in [6.07, 6.45) is 0. The summed E-state index contributed by atoms with van der Waals surface area (Å²) in [7, 11) is 0. The van der Waals surface area contributed by atoms with Crippen molar-refractivity contribution in [3.63, 3.8) is 0 Å². The van der Waals surface area contributed by atoms with E-state index in [4.69, 9.17) is 0 Å². The van der Waals surface area contributed by atoms with Crippen molar-refractivity contribution in [3.05, 3.63) is 58.8 Å². The first-order valence-electron chi connectivity index (χ1n) is 7.82. The maximum absolute atomic E-state index is 14.4. The van der Waals surface area contributed by atoms with Gasteiger partial charge in [-0.15, -0.1) is 0 Å². The van der Waals surface area contributed by atoms with Crippen molar-refractivity contribution >= 4 is 16.8 Å². The van der Waals surface area contributed by atoms with E-state index < -0.39 is 11.6 Å². The molecule has 6 heteroatoms. The molecule has 4 rings (SSSR count). The van der Waals surface area contributed by atoms with Crippen LogP contribution in [0.1, 0.15) is 21.6 Å². The Morgan fingerprint density at radius 1 is 1.20 bits per heavy atom. The lowest BCUT2D eigenvalue weighted by molar-refractivity contribution is 0.0928. The van der Waals surface area contributed by atoms with E-state index in [0.717, 1.165) is 17.0 Å². The van der Waals surface area contributed by atoms with E-state index in [-0.39, 0.29) is 11.5 Å². The van der Waals surface area contributed by atoms with E-state index in [0.29, 0.717) is 35.4 Å². The standard InChI is InChI=1S/C19H13F2N3O/c1-10-14-6-11(9-22)7-15(13-3-2-12(20)8-16(13)21)18(14)24-5-4-23-19(25)17(10)24/h2-3,6-8H,4-5H2,1H3,(H,23,25). The third-order valence-electron chi connectivity index (χ3n) is 4.60. The summed E-state index contributed by atoms with van der Waals surface area (Å²) in [5, 5.41) is 12.9. The number of hydrogen-bond acceptors (Lipinski definition) is 2. The Bertz CT molecular complexity index is 1090. The van der Waals surface area contributed by atoms with Gasteiger partial charge in [0, 0.05) is 35.7 Å². The average Bonchev–Trinajstić information content (AvgIpc) is 2.88.